The van der Waals surface area contributed by atoms with Crippen molar-refractivity contribution in [2.75, 3.05) is 32.8 Å². The first-order valence-corrected chi connectivity index (χ1v) is 8.44. The summed E-state index contributed by atoms with van der Waals surface area (Å²) in [5.41, 5.74) is 0. The molecule has 0 spiro atoms. The highest BCUT2D eigenvalue weighted by molar-refractivity contribution is 5.78. The van der Waals surface area contributed by atoms with Gasteiger partial charge in [0.15, 0.2) is 0 Å². The minimum atomic E-state index is 0.214. The molecule has 3 atom stereocenters. The van der Waals surface area contributed by atoms with Gasteiger partial charge in [0.25, 0.3) is 0 Å². The van der Waals surface area contributed by atoms with Crippen molar-refractivity contribution < 1.29 is 13.9 Å². The fraction of sp³-hybridized carbons (Fsp3) is 0.706. The van der Waals surface area contributed by atoms with Gasteiger partial charge in [-0.1, -0.05) is 0 Å². The number of hydrogen-bond acceptors (Lipinski definition) is 4. The second-order valence-corrected chi connectivity index (χ2v) is 6.84. The summed E-state index contributed by atoms with van der Waals surface area (Å²) < 4.78 is 11.5. The van der Waals surface area contributed by atoms with Crippen LogP contribution in [0.15, 0.2) is 22.8 Å². The van der Waals surface area contributed by atoms with Gasteiger partial charge in [-0.25, -0.2) is 0 Å². The van der Waals surface area contributed by atoms with Crippen LogP contribution in [0.3, 0.4) is 0 Å². The van der Waals surface area contributed by atoms with E-state index in [9.17, 15) is 4.79 Å². The SMILES string of the molecule is O=C1CCCN1C[C@@H]1OC[C@H]2CCN(Cc3ccco3)C[C@H]21. The van der Waals surface area contributed by atoms with Gasteiger partial charge in [0.2, 0.25) is 5.91 Å². The summed E-state index contributed by atoms with van der Waals surface area (Å²) in [6, 6.07) is 3.99. The lowest BCUT2D eigenvalue weighted by molar-refractivity contribution is -0.129. The van der Waals surface area contributed by atoms with Crippen molar-refractivity contribution in [1.82, 2.24) is 9.80 Å². The Kier molecular flexibility index (Phi) is 3.92. The molecule has 0 aliphatic carbocycles. The molecular weight excluding hydrogens is 280 g/mol. The van der Waals surface area contributed by atoms with Gasteiger partial charge in [0.1, 0.15) is 5.76 Å². The van der Waals surface area contributed by atoms with Crippen LogP contribution in [0.25, 0.3) is 0 Å². The molecule has 3 aliphatic rings. The van der Waals surface area contributed by atoms with Crippen LogP contribution in [0.2, 0.25) is 0 Å². The molecule has 1 amide bonds. The van der Waals surface area contributed by atoms with Gasteiger partial charge in [0.05, 0.1) is 25.5 Å². The molecule has 5 heteroatoms. The number of ether oxygens (including phenoxy) is 1. The Bertz CT molecular complexity index is 516. The number of furan rings is 1. The second-order valence-electron chi connectivity index (χ2n) is 6.84. The summed E-state index contributed by atoms with van der Waals surface area (Å²) >= 11 is 0. The van der Waals surface area contributed by atoms with Crippen LogP contribution in [0.1, 0.15) is 25.0 Å². The van der Waals surface area contributed by atoms with Crippen LogP contribution in [-0.2, 0) is 16.1 Å². The Morgan fingerprint density at radius 1 is 1.32 bits per heavy atom. The fourth-order valence-corrected chi connectivity index (χ4v) is 4.17. The zero-order chi connectivity index (χ0) is 14.9. The third kappa shape index (κ3) is 2.79. The number of likely N-dealkylation sites (tertiary alicyclic amines) is 2. The van der Waals surface area contributed by atoms with E-state index in [-0.39, 0.29) is 6.10 Å². The van der Waals surface area contributed by atoms with E-state index >= 15 is 0 Å². The van der Waals surface area contributed by atoms with Crippen molar-refractivity contribution >= 4 is 5.91 Å². The largest absolute Gasteiger partial charge is 0.468 e. The number of rotatable bonds is 4. The van der Waals surface area contributed by atoms with Gasteiger partial charge >= 0.3 is 0 Å². The summed E-state index contributed by atoms with van der Waals surface area (Å²) in [6.07, 6.45) is 4.86. The Hall–Kier alpha value is -1.33. The van der Waals surface area contributed by atoms with E-state index in [4.69, 9.17) is 9.15 Å². The first-order chi connectivity index (χ1) is 10.8. The Labute approximate surface area is 131 Å². The summed E-state index contributed by atoms with van der Waals surface area (Å²) in [5.74, 6) is 2.55. The second kappa shape index (κ2) is 6.05. The number of fused-ring (bicyclic) bond motifs is 1. The predicted octanol–water partition coefficient (Wildman–Crippen LogP) is 1.74. The third-order valence-corrected chi connectivity index (χ3v) is 5.42. The molecule has 0 radical (unpaired) electrons. The number of amides is 1. The molecule has 0 saturated carbocycles. The highest BCUT2D eigenvalue weighted by atomic mass is 16.5. The Morgan fingerprint density at radius 2 is 2.27 bits per heavy atom. The first-order valence-electron chi connectivity index (χ1n) is 8.44. The average molecular weight is 304 g/mol. The van der Waals surface area contributed by atoms with Crippen molar-refractivity contribution in [1.29, 1.82) is 0 Å². The van der Waals surface area contributed by atoms with Crippen LogP contribution in [0, 0.1) is 11.8 Å². The smallest absolute Gasteiger partial charge is 0.222 e. The molecule has 5 nitrogen and oxygen atoms in total. The molecule has 3 saturated heterocycles. The predicted molar refractivity (Wildman–Crippen MR) is 81.1 cm³/mol. The van der Waals surface area contributed by atoms with Crippen molar-refractivity contribution in [3.05, 3.63) is 24.2 Å². The normalized spacial score (nSPS) is 32.6. The molecule has 1 aromatic rings. The van der Waals surface area contributed by atoms with E-state index in [2.05, 4.69) is 4.90 Å². The van der Waals surface area contributed by atoms with E-state index in [1.165, 1.54) is 6.42 Å². The lowest BCUT2D eigenvalue weighted by Gasteiger charge is -2.36. The van der Waals surface area contributed by atoms with E-state index in [1.54, 1.807) is 6.26 Å². The van der Waals surface area contributed by atoms with Crippen molar-refractivity contribution in [3.8, 4) is 0 Å². The third-order valence-electron chi connectivity index (χ3n) is 5.42. The number of hydrogen-bond donors (Lipinski definition) is 0. The van der Waals surface area contributed by atoms with Gasteiger partial charge in [-0.15, -0.1) is 0 Å². The molecule has 0 unspecified atom stereocenters. The van der Waals surface area contributed by atoms with Gasteiger partial charge in [-0.2, -0.15) is 0 Å². The molecule has 0 aromatic carbocycles. The van der Waals surface area contributed by atoms with Crippen LogP contribution in [0.5, 0.6) is 0 Å². The zero-order valence-electron chi connectivity index (χ0n) is 12.9. The van der Waals surface area contributed by atoms with Gasteiger partial charge in [-0.3, -0.25) is 9.69 Å². The lowest BCUT2D eigenvalue weighted by atomic mass is 9.84. The molecule has 0 bridgehead atoms. The Balaban J connectivity index is 1.37. The molecule has 3 aliphatic heterocycles. The van der Waals surface area contributed by atoms with E-state index < -0.39 is 0 Å². The van der Waals surface area contributed by atoms with Crippen molar-refractivity contribution in [2.45, 2.75) is 31.9 Å². The van der Waals surface area contributed by atoms with Crippen molar-refractivity contribution in [3.63, 3.8) is 0 Å². The molecule has 4 heterocycles. The van der Waals surface area contributed by atoms with Crippen LogP contribution >= 0.6 is 0 Å². The number of carbonyl (C=O) groups excluding carboxylic acids is 1. The Morgan fingerprint density at radius 3 is 3.05 bits per heavy atom. The molecule has 4 rings (SSSR count). The maximum Gasteiger partial charge on any atom is 0.222 e. The van der Waals surface area contributed by atoms with Crippen LogP contribution in [0.4, 0.5) is 0 Å². The summed E-state index contributed by atoms with van der Waals surface area (Å²) in [7, 11) is 0. The number of nitrogens with zero attached hydrogens (tertiary/aromatic N) is 2. The van der Waals surface area contributed by atoms with Crippen molar-refractivity contribution in [2.24, 2.45) is 11.8 Å². The number of piperidine rings is 1. The van der Waals surface area contributed by atoms with Crippen LogP contribution in [-0.4, -0.2) is 54.6 Å². The average Bonchev–Trinajstić information content (AvgIpc) is 3.24. The lowest BCUT2D eigenvalue weighted by Crippen LogP contribution is -2.45. The minimum Gasteiger partial charge on any atom is -0.468 e. The van der Waals surface area contributed by atoms with E-state index in [0.717, 1.165) is 51.5 Å². The van der Waals surface area contributed by atoms with E-state index in [1.807, 2.05) is 17.0 Å². The summed E-state index contributed by atoms with van der Waals surface area (Å²) in [5, 5.41) is 0. The quantitative estimate of drug-likeness (QED) is 0.850. The molecule has 3 fully saturated rings. The first kappa shape index (κ1) is 14.3. The molecule has 1 aromatic heterocycles. The monoisotopic (exact) mass is 304 g/mol. The number of carbonyl (C=O) groups is 1. The summed E-state index contributed by atoms with van der Waals surface area (Å²) in [4.78, 5) is 16.3. The highest BCUT2D eigenvalue weighted by Crippen LogP contribution is 2.35. The molecule has 120 valence electrons. The highest BCUT2D eigenvalue weighted by Gasteiger charge is 2.42. The maximum absolute atomic E-state index is 11.8. The fourth-order valence-electron chi connectivity index (χ4n) is 4.17. The molecular formula is C17H24N2O3. The standard InChI is InChI=1S/C17H24N2O3/c20-17-4-1-6-19(17)11-16-15-10-18(7-5-13(15)12-22-16)9-14-3-2-8-21-14/h2-3,8,13,15-16H,1,4-7,9-12H2/t13-,15-,16+/m1/s1. The molecule has 0 N–H and O–H groups in total. The molecule has 22 heavy (non-hydrogen) atoms. The van der Waals surface area contributed by atoms with Crippen LogP contribution < -0.4 is 0 Å². The summed E-state index contributed by atoms with van der Waals surface area (Å²) in [6.45, 7) is 5.61. The minimum absolute atomic E-state index is 0.214. The topological polar surface area (TPSA) is 45.9 Å². The van der Waals surface area contributed by atoms with Gasteiger partial charge in [-0.05, 0) is 37.4 Å². The maximum atomic E-state index is 11.8. The van der Waals surface area contributed by atoms with Gasteiger partial charge in [0, 0.05) is 32.0 Å². The van der Waals surface area contributed by atoms with Gasteiger partial charge < -0.3 is 14.1 Å². The van der Waals surface area contributed by atoms with E-state index in [0.29, 0.717) is 24.2 Å². The zero-order valence-corrected chi connectivity index (χ0v) is 12.9.